The fraction of sp³-hybridized carbons (Fsp3) is 0.316. The minimum Gasteiger partial charge on any atom is -0.342 e. The molecule has 0 aliphatic carbocycles. The molecule has 0 unspecified atom stereocenters. The first-order valence-electron chi connectivity index (χ1n) is 8.39. The normalized spacial score (nSPS) is 11.2. The highest BCUT2D eigenvalue weighted by molar-refractivity contribution is 7.92. The van der Waals surface area contributed by atoms with E-state index in [0.29, 0.717) is 22.8 Å². The molecule has 7 heteroatoms. The zero-order chi connectivity index (χ0) is 19.3. The topological polar surface area (TPSA) is 66.5 Å². The number of nitrogens with one attached hydrogen (secondary N) is 1. The van der Waals surface area contributed by atoms with E-state index in [1.165, 1.54) is 24.3 Å². The average Bonchev–Trinajstić information content (AvgIpc) is 2.61. The summed E-state index contributed by atoms with van der Waals surface area (Å²) in [5, 5.41) is 0.542. The molecule has 140 valence electrons. The third kappa shape index (κ3) is 4.99. The van der Waals surface area contributed by atoms with Gasteiger partial charge in [0.15, 0.2) is 0 Å². The molecule has 0 saturated heterocycles. The van der Waals surface area contributed by atoms with E-state index in [2.05, 4.69) is 11.6 Å². The molecule has 0 aromatic heterocycles. The molecule has 1 N–H and O–H groups in total. The molecule has 0 heterocycles. The van der Waals surface area contributed by atoms with Gasteiger partial charge in [0, 0.05) is 24.2 Å². The molecule has 0 spiro atoms. The quantitative estimate of drug-likeness (QED) is 0.760. The molecule has 2 rings (SSSR count). The van der Waals surface area contributed by atoms with Gasteiger partial charge in [0.2, 0.25) is 0 Å². The molecule has 0 saturated carbocycles. The third-order valence-corrected chi connectivity index (χ3v) is 5.65. The van der Waals surface area contributed by atoms with E-state index in [9.17, 15) is 13.2 Å². The van der Waals surface area contributed by atoms with Gasteiger partial charge in [-0.2, -0.15) is 0 Å². The predicted molar refractivity (Wildman–Crippen MR) is 105 cm³/mol. The molecule has 2 aromatic rings. The second-order valence-corrected chi connectivity index (χ2v) is 8.29. The van der Waals surface area contributed by atoms with Crippen molar-refractivity contribution in [2.75, 3.05) is 18.3 Å². The molecule has 5 nitrogen and oxygen atoms in total. The Morgan fingerprint density at radius 1 is 1.15 bits per heavy atom. The molecule has 0 radical (unpaired) electrons. The lowest BCUT2D eigenvalue weighted by Crippen LogP contribution is -2.27. The van der Waals surface area contributed by atoms with Gasteiger partial charge in [0.1, 0.15) is 0 Å². The molecule has 0 aliphatic rings. The minimum atomic E-state index is -3.74. The first-order chi connectivity index (χ1) is 12.2. The van der Waals surface area contributed by atoms with E-state index >= 15 is 0 Å². The summed E-state index contributed by atoms with van der Waals surface area (Å²) in [5.41, 5.74) is 1.66. The first kappa shape index (κ1) is 20.3. The molecular weight excluding hydrogens is 372 g/mol. The van der Waals surface area contributed by atoms with Gasteiger partial charge in [0.25, 0.3) is 15.9 Å². The average molecular weight is 395 g/mol. The van der Waals surface area contributed by atoms with Crippen LogP contribution in [-0.4, -0.2) is 32.8 Å². The van der Waals surface area contributed by atoms with Crippen molar-refractivity contribution < 1.29 is 13.2 Å². The molecule has 0 atom stereocenters. The highest BCUT2D eigenvalue weighted by Crippen LogP contribution is 2.23. The van der Waals surface area contributed by atoms with Crippen LogP contribution in [0.4, 0.5) is 5.69 Å². The summed E-state index contributed by atoms with van der Waals surface area (Å²) in [6.45, 7) is 4.51. The lowest BCUT2D eigenvalue weighted by Gasteiger charge is -2.17. The second-order valence-electron chi connectivity index (χ2n) is 6.17. The van der Waals surface area contributed by atoms with Crippen molar-refractivity contribution in [3.63, 3.8) is 0 Å². The first-order valence-corrected chi connectivity index (χ1v) is 10.2. The predicted octanol–water partition coefficient (Wildman–Crippen LogP) is 4.32. The number of rotatable bonds is 7. The van der Waals surface area contributed by atoms with Gasteiger partial charge < -0.3 is 4.90 Å². The molecule has 26 heavy (non-hydrogen) atoms. The smallest absolute Gasteiger partial charge is 0.261 e. The molecule has 0 bridgehead atoms. The number of hydrogen-bond donors (Lipinski definition) is 1. The molecule has 0 fully saturated rings. The van der Waals surface area contributed by atoms with E-state index < -0.39 is 10.0 Å². The summed E-state index contributed by atoms with van der Waals surface area (Å²) in [6, 6.07) is 10.9. The zero-order valence-corrected chi connectivity index (χ0v) is 16.7. The van der Waals surface area contributed by atoms with Crippen molar-refractivity contribution in [3.05, 3.63) is 58.6 Å². The number of halogens is 1. The molecule has 2 aromatic carbocycles. The number of aryl methyl sites for hydroxylation is 1. The maximum Gasteiger partial charge on any atom is 0.261 e. The number of unbranched alkanes of at least 4 members (excludes halogenated alkanes) is 1. The van der Waals surface area contributed by atoms with Crippen molar-refractivity contribution in [3.8, 4) is 0 Å². The van der Waals surface area contributed by atoms with Crippen LogP contribution in [0, 0.1) is 6.92 Å². The fourth-order valence-electron chi connectivity index (χ4n) is 2.44. The van der Waals surface area contributed by atoms with Crippen LogP contribution in [0.25, 0.3) is 0 Å². The highest BCUT2D eigenvalue weighted by atomic mass is 35.5. The number of benzene rings is 2. The van der Waals surface area contributed by atoms with Gasteiger partial charge >= 0.3 is 0 Å². The summed E-state index contributed by atoms with van der Waals surface area (Å²) in [6.07, 6.45) is 1.93. The number of nitrogens with zero attached hydrogens (tertiary/aromatic N) is 1. The maximum atomic E-state index is 12.6. The number of carbonyl (C=O) groups is 1. The van der Waals surface area contributed by atoms with Crippen LogP contribution in [0.1, 0.15) is 35.7 Å². The number of sulfonamides is 1. The van der Waals surface area contributed by atoms with Crippen molar-refractivity contribution >= 4 is 33.2 Å². The summed E-state index contributed by atoms with van der Waals surface area (Å²) < 4.78 is 27.7. The SMILES string of the molecule is CCCCN(C)C(=O)c1ccc(S(=O)(=O)Nc2ccc(Cl)cc2C)cc1. The van der Waals surface area contributed by atoms with Gasteiger partial charge in [-0.1, -0.05) is 24.9 Å². The van der Waals surface area contributed by atoms with E-state index in [4.69, 9.17) is 11.6 Å². The number of amides is 1. The number of anilines is 1. The van der Waals surface area contributed by atoms with Crippen molar-refractivity contribution in [1.29, 1.82) is 0 Å². The molecule has 0 aliphatic heterocycles. The highest BCUT2D eigenvalue weighted by Gasteiger charge is 2.17. The monoisotopic (exact) mass is 394 g/mol. The molecule has 1 amide bonds. The van der Waals surface area contributed by atoms with Crippen LogP contribution < -0.4 is 4.72 Å². The van der Waals surface area contributed by atoms with Gasteiger partial charge in [-0.15, -0.1) is 0 Å². The van der Waals surface area contributed by atoms with Gasteiger partial charge in [-0.3, -0.25) is 9.52 Å². The van der Waals surface area contributed by atoms with E-state index in [1.54, 1.807) is 37.1 Å². The molecular formula is C19H23ClN2O3S. The van der Waals surface area contributed by atoms with Gasteiger partial charge in [-0.25, -0.2) is 8.42 Å². The van der Waals surface area contributed by atoms with Gasteiger partial charge in [-0.05, 0) is 61.4 Å². The Morgan fingerprint density at radius 3 is 2.38 bits per heavy atom. The van der Waals surface area contributed by atoms with E-state index in [0.717, 1.165) is 18.4 Å². The maximum absolute atomic E-state index is 12.6. The number of hydrogen-bond acceptors (Lipinski definition) is 3. The van der Waals surface area contributed by atoms with Gasteiger partial charge in [0.05, 0.1) is 10.6 Å². The second kappa shape index (κ2) is 8.56. The Kier molecular flexibility index (Phi) is 6.67. The summed E-state index contributed by atoms with van der Waals surface area (Å²) >= 11 is 5.90. The summed E-state index contributed by atoms with van der Waals surface area (Å²) in [5.74, 6) is -0.121. The van der Waals surface area contributed by atoms with Crippen LogP contribution in [0.3, 0.4) is 0 Å². The van der Waals surface area contributed by atoms with Crippen LogP contribution in [0.5, 0.6) is 0 Å². The fourth-order valence-corrected chi connectivity index (χ4v) is 3.80. The van der Waals surface area contributed by atoms with Crippen molar-refractivity contribution in [2.24, 2.45) is 0 Å². The lowest BCUT2D eigenvalue weighted by atomic mass is 10.2. The third-order valence-electron chi connectivity index (χ3n) is 4.04. The lowest BCUT2D eigenvalue weighted by molar-refractivity contribution is 0.0793. The summed E-state index contributed by atoms with van der Waals surface area (Å²) in [4.78, 5) is 14.1. The Labute approximate surface area is 160 Å². The summed E-state index contributed by atoms with van der Waals surface area (Å²) in [7, 11) is -2.00. The largest absolute Gasteiger partial charge is 0.342 e. The zero-order valence-electron chi connectivity index (χ0n) is 15.1. The van der Waals surface area contributed by atoms with E-state index in [-0.39, 0.29) is 10.8 Å². The Balaban J connectivity index is 2.17. The Hall–Kier alpha value is -2.05. The van der Waals surface area contributed by atoms with Crippen LogP contribution in [0.15, 0.2) is 47.4 Å². The Morgan fingerprint density at radius 2 is 1.81 bits per heavy atom. The van der Waals surface area contributed by atoms with Crippen molar-refractivity contribution in [2.45, 2.75) is 31.6 Å². The Bertz CT molecular complexity index is 880. The minimum absolute atomic E-state index is 0.0969. The standard InChI is InChI=1S/C19H23ClN2O3S/c1-4-5-12-22(3)19(23)15-6-9-17(10-7-15)26(24,25)21-18-11-8-16(20)13-14(18)2/h6-11,13,21H,4-5,12H2,1-3H3. The van der Waals surface area contributed by atoms with Crippen LogP contribution >= 0.6 is 11.6 Å². The number of carbonyl (C=O) groups excluding carboxylic acids is 1. The van der Waals surface area contributed by atoms with E-state index in [1.807, 2.05) is 0 Å². The van der Waals surface area contributed by atoms with Crippen LogP contribution in [0.2, 0.25) is 5.02 Å². The van der Waals surface area contributed by atoms with Crippen LogP contribution in [-0.2, 0) is 10.0 Å². The van der Waals surface area contributed by atoms with Crippen molar-refractivity contribution in [1.82, 2.24) is 4.90 Å².